The van der Waals surface area contributed by atoms with E-state index in [9.17, 15) is 4.79 Å². The number of nitrogens with one attached hydrogen (secondary N) is 2. The molecule has 1 heterocycles. The molecular formula is C18H26N2O. The van der Waals surface area contributed by atoms with E-state index in [4.69, 9.17) is 0 Å². The maximum atomic E-state index is 12.3. The van der Waals surface area contributed by atoms with E-state index < -0.39 is 0 Å². The lowest BCUT2D eigenvalue weighted by Gasteiger charge is -2.29. The van der Waals surface area contributed by atoms with Crippen molar-refractivity contribution in [1.82, 2.24) is 5.32 Å². The minimum absolute atomic E-state index is 0.222. The van der Waals surface area contributed by atoms with Crippen molar-refractivity contribution in [3.63, 3.8) is 0 Å². The molecule has 21 heavy (non-hydrogen) atoms. The van der Waals surface area contributed by atoms with Crippen LogP contribution in [0.4, 0.5) is 5.69 Å². The van der Waals surface area contributed by atoms with E-state index in [0.29, 0.717) is 18.4 Å². The van der Waals surface area contributed by atoms with Crippen molar-refractivity contribution in [3.8, 4) is 0 Å². The Morgan fingerprint density at radius 3 is 3.05 bits per heavy atom. The van der Waals surface area contributed by atoms with Crippen molar-refractivity contribution in [2.45, 2.75) is 57.4 Å². The average Bonchev–Trinajstić information content (AvgIpc) is 2.91. The Hall–Kier alpha value is -1.51. The van der Waals surface area contributed by atoms with E-state index in [0.717, 1.165) is 18.9 Å². The van der Waals surface area contributed by atoms with E-state index >= 15 is 0 Å². The molecule has 3 rings (SSSR count). The van der Waals surface area contributed by atoms with Crippen LogP contribution < -0.4 is 10.6 Å². The van der Waals surface area contributed by atoms with Crippen molar-refractivity contribution >= 4 is 11.6 Å². The maximum absolute atomic E-state index is 12.3. The van der Waals surface area contributed by atoms with E-state index in [1.165, 1.54) is 36.9 Å². The summed E-state index contributed by atoms with van der Waals surface area (Å²) in [7, 11) is 0. The zero-order valence-electron chi connectivity index (χ0n) is 12.9. The predicted molar refractivity (Wildman–Crippen MR) is 86.5 cm³/mol. The van der Waals surface area contributed by atoms with E-state index in [2.05, 4.69) is 35.8 Å². The number of anilines is 1. The highest BCUT2D eigenvalue weighted by Gasteiger charge is 2.26. The molecule has 0 aromatic heterocycles. The van der Waals surface area contributed by atoms with Gasteiger partial charge in [-0.15, -0.1) is 0 Å². The number of fused-ring (bicyclic) bond motifs is 1. The summed E-state index contributed by atoms with van der Waals surface area (Å²) in [6.45, 7) is 3.14. The van der Waals surface area contributed by atoms with Gasteiger partial charge in [0.1, 0.15) is 0 Å². The van der Waals surface area contributed by atoms with Crippen LogP contribution in [0.25, 0.3) is 0 Å². The van der Waals surface area contributed by atoms with E-state index in [1.54, 1.807) is 0 Å². The molecule has 2 N–H and O–H groups in total. The minimum Gasteiger partial charge on any atom is -0.384 e. The first-order valence-electron chi connectivity index (χ1n) is 8.38. The van der Waals surface area contributed by atoms with E-state index in [1.807, 2.05) is 6.07 Å². The molecule has 1 aromatic rings. The second-order valence-electron chi connectivity index (χ2n) is 6.57. The fourth-order valence-corrected chi connectivity index (χ4v) is 3.84. The van der Waals surface area contributed by atoms with Gasteiger partial charge >= 0.3 is 0 Å². The van der Waals surface area contributed by atoms with Crippen LogP contribution in [-0.2, 0) is 4.79 Å². The first-order chi connectivity index (χ1) is 10.3. The Bertz CT molecular complexity index is 500. The second-order valence-corrected chi connectivity index (χ2v) is 6.57. The number of carbonyl (C=O) groups is 1. The lowest BCUT2D eigenvalue weighted by Crippen LogP contribution is -2.39. The molecule has 0 radical (unpaired) electrons. The summed E-state index contributed by atoms with van der Waals surface area (Å²) in [5.74, 6) is 1.35. The van der Waals surface area contributed by atoms with Gasteiger partial charge in [0.05, 0.1) is 0 Å². The molecule has 1 fully saturated rings. The summed E-state index contributed by atoms with van der Waals surface area (Å²) >= 11 is 0. The molecule has 1 aliphatic heterocycles. The van der Waals surface area contributed by atoms with Gasteiger partial charge in [0, 0.05) is 30.6 Å². The summed E-state index contributed by atoms with van der Waals surface area (Å²) in [5.41, 5.74) is 2.49. The molecular weight excluding hydrogens is 260 g/mol. The molecule has 1 amide bonds. The summed E-state index contributed by atoms with van der Waals surface area (Å²) < 4.78 is 0. The summed E-state index contributed by atoms with van der Waals surface area (Å²) in [6.07, 6.45) is 6.77. The van der Waals surface area contributed by atoms with Gasteiger partial charge in [0.15, 0.2) is 0 Å². The first-order valence-corrected chi connectivity index (χ1v) is 8.38. The molecule has 1 aromatic carbocycles. The van der Waals surface area contributed by atoms with Crippen LogP contribution in [0.1, 0.15) is 56.9 Å². The predicted octanol–water partition coefficient (Wildman–Crippen LogP) is 3.67. The van der Waals surface area contributed by atoms with Gasteiger partial charge in [-0.1, -0.05) is 44.4 Å². The topological polar surface area (TPSA) is 41.1 Å². The molecule has 3 nitrogen and oxygen atoms in total. The molecule has 0 saturated heterocycles. The average molecular weight is 286 g/mol. The molecule has 1 saturated carbocycles. The summed E-state index contributed by atoms with van der Waals surface area (Å²) in [4.78, 5) is 12.3. The fraction of sp³-hybridized carbons (Fsp3) is 0.611. The molecule has 3 heteroatoms. The number of benzene rings is 1. The van der Waals surface area contributed by atoms with Crippen LogP contribution in [-0.4, -0.2) is 18.5 Å². The molecule has 0 bridgehead atoms. The quantitative estimate of drug-likeness (QED) is 0.886. The Morgan fingerprint density at radius 1 is 1.33 bits per heavy atom. The molecule has 1 aliphatic carbocycles. The Balaban J connectivity index is 1.53. The third-order valence-electron chi connectivity index (χ3n) is 5.10. The maximum Gasteiger partial charge on any atom is 0.220 e. The number of hydrogen-bond acceptors (Lipinski definition) is 2. The van der Waals surface area contributed by atoms with Gasteiger partial charge in [0.25, 0.3) is 0 Å². The Kier molecular flexibility index (Phi) is 4.47. The largest absolute Gasteiger partial charge is 0.384 e. The molecule has 2 aliphatic rings. The zero-order chi connectivity index (χ0) is 14.7. The van der Waals surface area contributed by atoms with Gasteiger partial charge in [-0.25, -0.2) is 0 Å². The normalized spacial score (nSPS) is 27.8. The van der Waals surface area contributed by atoms with Crippen molar-refractivity contribution in [2.24, 2.45) is 5.92 Å². The van der Waals surface area contributed by atoms with Crippen LogP contribution in [0.3, 0.4) is 0 Å². The van der Waals surface area contributed by atoms with Gasteiger partial charge in [-0.05, 0) is 30.4 Å². The SMILES string of the molecule is CCC1CCCC(NC(=O)CC2CNc3ccccc32)C1. The smallest absolute Gasteiger partial charge is 0.220 e. The molecule has 3 unspecified atom stereocenters. The fourth-order valence-electron chi connectivity index (χ4n) is 3.84. The van der Waals surface area contributed by atoms with Crippen LogP contribution in [0.15, 0.2) is 24.3 Å². The van der Waals surface area contributed by atoms with Gasteiger partial charge in [-0.2, -0.15) is 0 Å². The number of carbonyl (C=O) groups excluding carboxylic acids is 1. The van der Waals surface area contributed by atoms with Crippen LogP contribution in [0.2, 0.25) is 0 Å². The number of hydrogen-bond donors (Lipinski definition) is 2. The lowest BCUT2D eigenvalue weighted by atomic mass is 9.84. The van der Waals surface area contributed by atoms with Crippen LogP contribution in [0, 0.1) is 5.92 Å². The van der Waals surface area contributed by atoms with Crippen molar-refractivity contribution in [1.29, 1.82) is 0 Å². The van der Waals surface area contributed by atoms with Crippen molar-refractivity contribution < 1.29 is 4.79 Å². The minimum atomic E-state index is 0.222. The highest BCUT2D eigenvalue weighted by Crippen LogP contribution is 2.33. The Morgan fingerprint density at radius 2 is 2.19 bits per heavy atom. The van der Waals surface area contributed by atoms with Crippen molar-refractivity contribution in [3.05, 3.63) is 29.8 Å². The third-order valence-corrected chi connectivity index (χ3v) is 5.10. The molecule has 0 spiro atoms. The van der Waals surface area contributed by atoms with Crippen LogP contribution >= 0.6 is 0 Å². The standard InChI is InChI=1S/C18H26N2O/c1-2-13-6-5-7-15(10-13)20-18(21)11-14-12-19-17-9-4-3-8-16(14)17/h3-4,8-9,13-15,19H,2,5-7,10-12H2,1H3,(H,20,21). The van der Waals surface area contributed by atoms with Gasteiger partial charge in [0.2, 0.25) is 5.91 Å². The van der Waals surface area contributed by atoms with E-state index in [-0.39, 0.29) is 5.91 Å². The third kappa shape index (κ3) is 3.39. The highest BCUT2D eigenvalue weighted by molar-refractivity contribution is 5.78. The summed E-state index contributed by atoms with van der Waals surface area (Å²) in [5, 5.41) is 6.67. The Labute approximate surface area is 127 Å². The molecule has 3 atom stereocenters. The van der Waals surface area contributed by atoms with Crippen LogP contribution in [0.5, 0.6) is 0 Å². The zero-order valence-corrected chi connectivity index (χ0v) is 12.9. The second kappa shape index (κ2) is 6.50. The van der Waals surface area contributed by atoms with Gasteiger partial charge < -0.3 is 10.6 Å². The summed E-state index contributed by atoms with van der Waals surface area (Å²) in [6, 6.07) is 8.74. The monoisotopic (exact) mass is 286 g/mol. The number of rotatable bonds is 4. The highest BCUT2D eigenvalue weighted by atomic mass is 16.1. The lowest BCUT2D eigenvalue weighted by molar-refractivity contribution is -0.122. The van der Waals surface area contributed by atoms with Crippen molar-refractivity contribution in [2.75, 3.05) is 11.9 Å². The first kappa shape index (κ1) is 14.4. The number of amides is 1. The molecule has 114 valence electrons. The number of para-hydroxylation sites is 1. The van der Waals surface area contributed by atoms with Gasteiger partial charge in [-0.3, -0.25) is 4.79 Å².